The lowest BCUT2D eigenvalue weighted by Crippen LogP contribution is -2.28. The molecule has 7 heteroatoms. The summed E-state index contributed by atoms with van der Waals surface area (Å²) in [6, 6.07) is 12.2. The monoisotopic (exact) mass is 374 g/mol. The summed E-state index contributed by atoms with van der Waals surface area (Å²) in [4.78, 5) is 26.7. The molecule has 0 aliphatic carbocycles. The third-order valence-electron chi connectivity index (χ3n) is 4.29. The molecule has 0 spiro atoms. The Morgan fingerprint density at radius 2 is 1.88 bits per heavy atom. The number of anilines is 2. The highest BCUT2D eigenvalue weighted by molar-refractivity contribution is 6.31. The van der Waals surface area contributed by atoms with Gasteiger partial charge in [0.1, 0.15) is 11.5 Å². The van der Waals surface area contributed by atoms with E-state index in [1.54, 1.807) is 42.3 Å². The zero-order chi connectivity index (χ0) is 18.7. The SMILES string of the molecule is COc1ccc(Cl)cc1NC(=O)C1CC(=O)N(c2ccccc2OC)C1. The summed E-state index contributed by atoms with van der Waals surface area (Å²) in [5, 5.41) is 3.29. The Morgan fingerprint density at radius 3 is 2.62 bits per heavy atom. The zero-order valence-corrected chi connectivity index (χ0v) is 15.2. The van der Waals surface area contributed by atoms with Crippen LogP contribution in [0, 0.1) is 5.92 Å². The summed E-state index contributed by atoms with van der Waals surface area (Å²) in [6.07, 6.45) is 0.132. The van der Waals surface area contributed by atoms with Crippen LogP contribution in [0.25, 0.3) is 0 Å². The quantitative estimate of drug-likeness (QED) is 0.871. The first-order valence-electron chi connectivity index (χ1n) is 8.11. The Hall–Kier alpha value is -2.73. The van der Waals surface area contributed by atoms with Crippen LogP contribution in [0.1, 0.15) is 6.42 Å². The van der Waals surface area contributed by atoms with Gasteiger partial charge in [-0.1, -0.05) is 23.7 Å². The maximum absolute atomic E-state index is 12.7. The van der Waals surface area contributed by atoms with Crippen molar-refractivity contribution in [1.82, 2.24) is 0 Å². The average Bonchev–Trinajstić information content (AvgIpc) is 3.03. The number of nitrogens with one attached hydrogen (secondary N) is 1. The number of para-hydroxylation sites is 2. The molecule has 6 nitrogen and oxygen atoms in total. The van der Waals surface area contributed by atoms with Gasteiger partial charge in [0, 0.05) is 18.0 Å². The topological polar surface area (TPSA) is 67.9 Å². The van der Waals surface area contributed by atoms with E-state index in [1.165, 1.54) is 7.11 Å². The van der Waals surface area contributed by atoms with Crippen LogP contribution in [0.15, 0.2) is 42.5 Å². The van der Waals surface area contributed by atoms with Crippen molar-refractivity contribution in [2.24, 2.45) is 5.92 Å². The molecular weight excluding hydrogens is 356 g/mol. The highest BCUT2D eigenvalue weighted by atomic mass is 35.5. The molecule has 1 atom stereocenters. The van der Waals surface area contributed by atoms with Gasteiger partial charge in [-0.3, -0.25) is 9.59 Å². The molecule has 1 unspecified atom stereocenters. The Balaban J connectivity index is 1.76. The molecule has 0 aromatic heterocycles. The Kier molecular flexibility index (Phi) is 5.32. The van der Waals surface area contributed by atoms with Crippen molar-refractivity contribution in [3.05, 3.63) is 47.5 Å². The maximum atomic E-state index is 12.7. The van der Waals surface area contributed by atoms with Gasteiger partial charge in [-0.25, -0.2) is 0 Å². The van der Waals surface area contributed by atoms with E-state index in [4.69, 9.17) is 21.1 Å². The normalized spacial score (nSPS) is 16.5. The van der Waals surface area contributed by atoms with E-state index < -0.39 is 5.92 Å². The van der Waals surface area contributed by atoms with E-state index in [2.05, 4.69) is 5.32 Å². The van der Waals surface area contributed by atoms with Gasteiger partial charge in [-0.15, -0.1) is 0 Å². The van der Waals surface area contributed by atoms with Crippen LogP contribution in [0.3, 0.4) is 0 Å². The Bertz CT molecular complexity index is 840. The maximum Gasteiger partial charge on any atom is 0.229 e. The number of methoxy groups -OCH3 is 2. The molecule has 2 aromatic carbocycles. The van der Waals surface area contributed by atoms with E-state index in [9.17, 15) is 9.59 Å². The molecule has 1 fully saturated rings. The molecule has 1 saturated heterocycles. The van der Waals surface area contributed by atoms with Gasteiger partial charge in [0.05, 0.1) is 31.5 Å². The molecule has 1 aliphatic rings. The lowest BCUT2D eigenvalue weighted by molar-refractivity contribution is -0.122. The van der Waals surface area contributed by atoms with Gasteiger partial charge >= 0.3 is 0 Å². The third-order valence-corrected chi connectivity index (χ3v) is 4.53. The third kappa shape index (κ3) is 3.60. The number of hydrogen-bond acceptors (Lipinski definition) is 4. The molecule has 136 valence electrons. The van der Waals surface area contributed by atoms with E-state index >= 15 is 0 Å². The number of benzene rings is 2. The summed E-state index contributed by atoms with van der Waals surface area (Å²) in [5.41, 5.74) is 1.14. The molecule has 2 aromatic rings. The minimum absolute atomic E-state index is 0.118. The van der Waals surface area contributed by atoms with Crippen LogP contribution >= 0.6 is 11.6 Å². The fourth-order valence-electron chi connectivity index (χ4n) is 2.98. The van der Waals surface area contributed by atoms with E-state index in [0.717, 1.165) is 0 Å². The Morgan fingerprint density at radius 1 is 1.15 bits per heavy atom. The first kappa shape index (κ1) is 18.1. The van der Waals surface area contributed by atoms with Crippen LogP contribution in [0.5, 0.6) is 11.5 Å². The fraction of sp³-hybridized carbons (Fsp3) is 0.263. The molecule has 1 heterocycles. The molecular formula is C19H19ClN2O4. The fourth-order valence-corrected chi connectivity index (χ4v) is 3.15. The van der Waals surface area contributed by atoms with Crippen LogP contribution in [0.4, 0.5) is 11.4 Å². The van der Waals surface area contributed by atoms with Crippen molar-refractivity contribution >= 4 is 34.8 Å². The number of carbonyl (C=O) groups is 2. The van der Waals surface area contributed by atoms with Gasteiger partial charge in [-0.2, -0.15) is 0 Å². The number of ether oxygens (including phenoxy) is 2. The summed E-state index contributed by atoms with van der Waals surface area (Å²) < 4.78 is 10.6. The summed E-state index contributed by atoms with van der Waals surface area (Å²) in [7, 11) is 3.07. The summed E-state index contributed by atoms with van der Waals surface area (Å²) in [5.74, 6) is 0.257. The highest BCUT2D eigenvalue weighted by Gasteiger charge is 2.36. The number of rotatable bonds is 5. The lowest BCUT2D eigenvalue weighted by Gasteiger charge is -2.19. The van der Waals surface area contributed by atoms with E-state index in [-0.39, 0.29) is 24.8 Å². The first-order valence-corrected chi connectivity index (χ1v) is 8.49. The van der Waals surface area contributed by atoms with Gasteiger partial charge in [0.2, 0.25) is 11.8 Å². The van der Waals surface area contributed by atoms with Gasteiger partial charge < -0.3 is 19.7 Å². The lowest BCUT2D eigenvalue weighted by atomic mass is 10.1. The Labute approximate surface area is 156 Å². The molecule has 0 bridgehead atoms. The number of carbonyl (C=O) groups excluding carboxylic acids is 2. The smallest absolute Gasteiger partial charge is 0.229 e. The largest absolute Gasteiger partial charge is 0.495 e. The van der Waals surface area contributed by atoms with Crippen LogP contribution in [-0.2, 0) is 9.59 Å². The predicted octanol–water partition coefficient (Wildman–Crippen LogP) is 3.35. The molecule has 1 aliphatic heterocycles. The first-order chi connectivity index (χ1) is 12.5. The predicted molar refractivity (Wildman–Crippen MR) is 100 cm³/mol. The van der Waals surface area contributed by atoms with Crippen molar-refractivity contribution in [3.63, 3.8) is 0 Å². The van der Waals surface area contributed by atoms with Crippen molar-refractivity contribution in [3.8, 4) is 11.5 Å². The highest BCUT2D eigenvalue weighted by Crippen LogP contribution is 2.34. The summed E-state index contributed by atoms with van der Waals surface area (Å²) in [6.45, 7) is 0.286. The van der Waals surface area contributed by atoms with E-state index in [0.29, 0.717) is 27.9 Å². The molecule has 0 saturated carbocycles. The van der Waals surface area contributed by atoms with Gasteiger partial charge in [0.15, 0.2) is 0 Å². The minimum atomic E-state index is -0.476. The van der Waals surface area contributed by atoms with Crippen molar-refractivity contribution < 1.29 is 19.1 Å². The molecule has 1 N–H and O–H groups in total. The molecule has 2 amide bonds. The van der Waals surface area contributed by atoms with Crippen LogP contribution < -0.4 is 19.7 Å². The second-order valence-electron chi connectivity index (χ2n) is 5.91. The molecule has 26 heavy (non-hydrogen) atoms. The van der Waals surface area contributed by atoms with Crippen LogP contribution in [-0.4, -0.2) is 32.6 Å². The van der Waals surface area contributed by atoms with Crippen molar-refractivity contribution in [1.29, 1.82) is 0 Å². The number of nitrogens with zero attached hydrogens (tertiary/aromatic N) is 1. The zero-order valence-electron chi connectivity index (χ0n) is 14.5. The second kappa shape index (κ2) is 7.66. The standard InChI is InChI=1S/C19H19ClN2O4/c1-25-16-8-7-13(20)10-14(16)21-19(24)12-9-18(23)22(11-12)15-5-3-4-6-17(15)26-2/h3-8,10,12H,9,11H2,1-2H3,(H,21,24). The summed E-state index contributed by atoms with van der Waals surface area (Å²) >= 11 is 5.99. The van der Waals surface area contributed by atoms with Gasteiger partial charge in [0.25, 0.3) is 0 Å². The minimum Gasteiger partial charge on any atom is -0.495 e. The number of amides is 2. The van der Waals surface area contributed by atoms with Crippen molar-refractivity contribution in [2.75, 3.05) is 31.0 Å². The molecule has 3 rings (SSSR count). The van der Waals surface area contributed by atoms with Crippen LogP contribution in [0.2, 0.25) is 5.02 Å². The van der Waals surface area contributed by atoms with E-state index in [1.807, 2.05) is 12.1 Å². The number of halogens is 1. The number of hydrogen-bond donors (Lipinski definition) is 1. The van der Waals surface area contributed by atoms with Gasteiger partial charge in [-0.05, 0) is 30.3 Å². The molecule has 0 radical (unpaired) electrons. The second-order valence-corrected chi connectivity index (χ2v) is 6.35. The van der Waals surface area contributed by atoms with Crippen molar-refractivity contribution in [2.45, 2.75) is 6.42 Å². The average molecular weight is 375 g/mol.